The lowest BCUT2D eigenvalue weighted by Gasteiger charge is -2.31. The van der Waals surface area contributed by atoms with Crippen LogP contribution in [0, 0.1) is 11.8 Å². The Morgan fingerprint density at radius 1 is 0.897 bits per heavy atom. The van der Waals surface area contributed by atoms with E-state index in [0.29, 0.717) is 34.3 Å². The maximum atomic E-state index is 12.7. The van der Waals surface area contributed by atoms with E-state index in [1.54, 1.807) is 36.4 Å². The predicted octanol–water partition coefficient (Wildman–Crippen LogP) is 3.74. The van der Waals surface area contributed by atoms with E-state index in [1.165, 1.54) is 6.07 Å². The molecule has 0 radical (unpaired) electrons. The zero-order valence-corrected chi connectivity index (χ0v) is 16.9. The Morgan fingerprint density at radius 2 is 1.59 bits per heavy atom. The van der Waals surface area contributed by atoms with Gasteiger partial charge in [0.15, 0.2) is 0 Å². The Bertz CT molecular complexity index is 948. The SMILES string of the molecule is O=C(Nc1ccc(Cl)c(Cl)c1)c1ccccc1NC(=O)[C@H]1CCCC[C@H]1C(=O)[O-]. The highest BCUT2D eigenvalue weighted by atomic mass is 35.5. The summed E-state index contributed by atoms with van der Waals surface area (Å²) in [6.45, 7) is 0. The number of carboxylic acid groups (broad SMARTS) is 1. The Morgan fingerprint density at radius 3 is 2.28 bits per heavy atom. The third-order valence-corrected chi connectivity index (χ3v) is 5.75. The number of halogens is 2. The quantitative estimate of drug-likeness (QED) is 0.749. The second kappa shape index (κ2) is 9.29. The number of carbonyl (C=O) groups excluding carboxylic acids is 3. The smallest absolute Gasteiger partial charge is 0.257 e. The molecule has 0 unspecified atom stereocenters. The minimum absolute atomic E-state index is 0.243. The third-order valence-electron chi connectivity index (χ3n) is 5.01. The van der Waals surface area contributed by atoms with Crippen molar-refractivity contribution in [2.75, 3.05) is 10.6 Å². The number of para-hydroxylation sites is 1. The van der Waals surface area contributed by atoms with Crippen LogP contribution in [0.15, 0.2) is 42.5 Å². The lowest BCUT2D eigenvalue weighted by atomic mass is 9.78. The molecule has 8 heteroatoms. The van der Waals surface area contributed by atoms with E-state index in [2.05, 4.69) is 10.6 Å². The van der Waals surface area contributed by atoms with Gasteiger partial charge in [0.1, 0.15) is 0 Å². The first-order chi connectivity index (χ1) is 13.9. The first-order valence-electron chi connectivity index (χ1n) is 9.24. The van der Waals surface area contributed by atoms with Crippen molar-refractivity contribution in [3.05, 3.63) is 58.1 Å². The molecule has 152 valence electrons. The zero-order valence-electron chi connectivity index (χ0n) is 15.4. The van der Waals surface area contributed by atoms with E-state index in [0.717, 1.165) is 12.8 Å². The van der Waals surface area contributed by atoms with E-state index in [9.17, 15) is 19.5 Å². The molecule has 0 aliphatic heterocycles. The lowest BCUT2D eigenvalue weighted by molar-refractivity contribution is -0.313. The molecule has 0 saturated heterocycles. The summed E-state index contributed by atoms with van der Waals surface area (Å²) in [6.07, 6.45) is 2.42. The summed E-state index contributed by atoms with van der Waals surface area (Å²) in [4.78, 5) is 36.8. The normalized spacial score (nSPS) is 18.7. The molecule has 2 aromatic rings. The van der Waals surface area contributed by atoms with Crippen LogP contribution in [0.5, 0.6) is 0 Å². The first kappa shape index (κ1) is 21.1. The largest absolute Gasteiger partial charge is 0.550 e. The van der Waals surface area contributed by atoms with Crippen LogP contribution in [0.3, 0.4) is 0 Å². The van der Waals surface area contributed by atoms with Gasteiger partial charge in [-0.25, -0.2) is 0 Å². The van der Waals surface area contributed by atoms with E-state index in [-0.39, 0.29) is 5.56 Å². The molecule has 1 saturated carbocycles. The fourth-order valence-electron chi connectivity index (χ4n) is 3.51. The molecular weight excluding hydrogens is 415 g/mol. The van der Waals surface area contributed by atoms with E-state index < -0.39 is 29.6 Å². The summed E-state index contributed by atoms with van der Waals surface area (Å²) in [5.74, 6) is -3.58. The molecule has 6 nitrogen and oxygen atoms in total. The number of anilines is 2. The van der Waals surface area contributed by atoms with Gasteiger partial charge >= 0.3 is 0 Å². The molecule has 2 atom stereocenters. The maximum absolute atomic E-state index is 12.7. The van der Waals surface area contributed by atoms with Crippen LogP contribution in [-0.4, -0.2) is 17.8 Å². The van der Waals surface area contributed by atoms with Crippen molar-refractivity contribution >= 4 is 52.4 Å². The van der Waals surface area contributed by atoms with Crippen LogP contribution in [0.2, 0.25) is 10.0 Å². The van der Waals surface area contributed by atoms with Crippen LogP contribution in [0.4, 0.5) is 11.4 Å². The fraction of sp³-hybridized carbons (Fsp3) is 0.286. The molecule has 0 bridgehead atoms. The van der Waals surface area contributed by atoms with Crippen molar-refractivity contribution in [2.45, 2.75) is 25.7 Å². The zero-order chi connectivity index (χ0) is 21.0. The number of hydrogen-bond donors (Lipinski definition) is 2. The third kappa shape index (κ3) is 5.08. The number of benzene rings is 2. The number of amides is 2. The maximum Gasteiger partial charge on any atom is 0.257 e. The van der Waals surface area contributed by atoms with Crippen LogP contribution in [0.25, 0.3) is 0 Å². The molecule has 0 heterocycles. The molecule has 1 aliphatic carbocycles. The Kier molecular flexibility index (Phi) is 6.77. The Hall–Kier alpha value is -2.57. The minimum Gasteiger partial charge on any atom is -0.550 e. The van der Waals surface area contributed by atoms with Gasteiger partial charge in [-0.15, -0.1) is 0 Å². The van der Waals surface area contributed by atoms with Gasteiger partial charge in [-0.1, -0.05) is 48.2 Å². The summed E-state index contributed by atoms with van der Waals surface area (Å²) in [6, 6.07) is 11.2. The van der Waals surface area contributed by atoms with Crippen molar-refractivity contribution in [1.82, 2.24) is 0 Å². The average Bonchev–Trinajstić information content (AvgIpc) is 2.71. The van der Waals surface area contributed by atoms with Gasteiger partial charge in [0.2, 0.25) is 5.91 Å². The van der Waals surface area contributed by atoms with Gasteiger partial charge < -0.3 is 20.5 Å². The molecule has 29 heavy (non-hydrogen) atoms. The van der Waals surface area contributed by atoms with Gasteiger partial charge in [-0.2, -0.15) is 0 Å². The highest BCUT2D eigenvalue weighted by Crippen LogP contribution is 2.31. The monoisotopic (exact) mass is 433 g/mol. The number of carbonyl (C=O) groups is 3. The highest BCUT2D eigenvalue weighted by molar-refractivity contribution is 6.42. The summed E-state index contributed by atoms with van der Waals surface area (Å²) in [7, 11) is 0. The molecule has 2 amide bonds. The Labute approximate surface area is 178 Å². The fourth-order valence-corrected chi connectivity index (χ4v) is 3.81. The molecule has 1 fully saturated rings. The van der Waals surface area contributed by atoms with Crippen molar-refractivity contribution in [1.29, 1.82) is 0 Å². The van der Waals surface area contributed by atoms with Crippen molar-refractivity contribution in [2.24, 2.45) is 11.8 Å². The topological polar surface area (TPSA) is 98.3 Å². The predicted molar refractivity (Wildman–Crippen MR) is 110 cm³/mol. The number of nitrogens with one attached hydrogen (secondary N) is 2. The molecule has 2 N–H and O–H groups in total. The van der Waals surface area contributed by atoms with Gasteiger partial charge in [0.25, 0.3) is 5.91 Å². The van der Waals surface area contributed by atoms with E-state index >= 15 is 0 Å². The van der Waals surface area contributed by atoms with Gasteiger partial charge in [0, 0.05) is 23.5 Å². The molecule has 1 aliphatic rings. The molecule has 0 aromatic heterocycles. The molecule has 2 aromatic carbocycles. The molecule has 0 spiro atoms. The minimum atomic E-state index is -1.21. The average molecular weight is 434 g/mol. The van der Waals surface area contributed by atoms with Gasteiger partial charge in [0.05, 0.1) is 21.3 Å². The van der Waals surface area contributed by atoms with Crippen LogP contribution in [0.1, 0.15) is 36.0 Å². The summed E-state index contributed by atoms with van der Waals surface area (Å²) >= 11 is 11.9. The highest BCUT2D eigenvalue weighted by Gasteiger charge is 2.32. The van der Waals surface area contributed by atoms with Gasteiger partial charge in [-0.3, -0.25) is 9.59 Å². The second-order valence-electron chi connectivity index (χ2n) is 6.93. The van der Waals surface area contributed by atoms with Crippen molar-refractivity contribution in [3.63, 3.8) is 0 Å². The number of rotatable bonds is 5. The van der Waals surface area contributed by atoms with Gasteiger partial charge in [-0.05, 0) is 43.2 Å². The number of aliphatic carboxylic acids is 1. The first-order valence-corrected chi connectivity index (χ1v) is 9.99. The lowest BCUT2D eigenvalue weighted by Crippen LogP contribution is -2.42. The van der Waals surface area contributed by atoms with Crippen molar-refractivity contribution in [3.8, 4) is 0 Å². The van der Waals surface area contributed by atoms with Crippen LogP contribution < -0.4 is 15.7 Å². The van der Waals surface area contributed by atoms with E-state index in [4.69, 9.17) is 23.2 Å². The molecular formula is C21H19Cl2N2O4-. The second-order valence-corrected chi connectivity index (χ2v) is 7.75. The van der Waals surface area contributed by atoms with Crippen LogP contribution >= 0.6 is 23.2 Å². The summed E-state index contributed by atoms with van der Waals surface area (Å²) in [5, 5.41) is 17.5. The summed E-state index contributed by atoms with van der Waals surface area (Å²) in [5.41, 5.74) is 1.00. The van der Waals surface area contributed by atoms with E-state index in [1.807, 2.05) is 0 Å². The van der Waals surface area contributed by atoms with Crippen molar-refractivity contribution < 1.29 is 19.5 Å². The number of carboxylic acids is 1. The Balaban J connectivity index is 1.77. The van der Waals surface area contributed by atoms with Crippen LogP contribution in [-0.2, 0) is 9.59 Å². The number of hydrogen-bond acceptors (Lipinski definition) is 4. The molecule has 3 rings (SSSR count). The summed E-state index contributed by atoms with van der Waals surface area (Å²) < 4.78 is 0. The standard InChI is InChI=1S/C21H20Cl2N2O4/c22-16-10-9-12(11-17(16)23)24-20(27)15-7-3-4-8-18(15)25-19(26)13-5-1-2-6-14(13)21(28)29/h3-4,7-11,13-14H,1-2,5-6H2,(H,24,27)(H,25,26)(H,28,29)/p-1/t13-,14+/m0/s1.